The van der Waals surface area contributed by atoms with Crippen molar-refractivity contribution in [2.75, 3.05) is 25.9 Å². The lowest BCUT2D eigenvalue weighted by molar-refractivity contribution is -0.120. The summed E-state index contributed by atoms with van der Waals surface area (Å²) in [5, 5.41) is 3.00. The zero-order valence-corrected chi connectivity index (χ0v) is 11.6. The number of nitrogens with two attached hydrogens (primary N) is 1. The van der Waals surface area contributed by atoms with Gasteiger partial charge in [-0.2, -0.15) is 0 Å². The highest BCUT2D eigenvalue weighted by Gasteiger charge is 2.14. The highest BCUT2D eigenvalue weighted by molar-refractivity contribution is 7.88. The average Bonchev–Trinajstić information content (AvgIpc) is 2.21. The predicted molar refractivity (Wildman–Crippen MR) is 68.0 cm³/mol. The van der Waals surface area contributed by atoms with E-state index in [9.17, 15) is 13.2 Å². The van der Waals surface area contributed by atoms with E-state index in [1.165, 1.54) is 10.6 Å². The van der Waals surface area contributed by atoms with Crippen LogP contribution in [0.25, 0.3) is 0 Å². The number of nitrogens with zero attached hydrogens (tertiary/aromatic N) is 1. The second kappa shape index (κ2) is 7.62. The summed E-state index contributed by atoms with van der Waals surface area (Å²) in [6.45, 7) is 5.17. The summed E-state index contributed by atoms with van der Waals surface area (Å²) in [5.74, 6) is -0.372. The lowest BCUT2D eigenvalue weighted by Crippen LogP contribution is -2.42. The van der Waals surface area contributed by atoms with Crippen molar-refractivity contribution in [3.63, 3.8) is 0 Å². The molecule has 0 aromatic carbocycles. The summed E-state index contributed by atoms with van der Waals surface area (Å²) in [5.41, 5.74) is 5.18. The van der Waals surface area contributed by atoms with Crippen LogP contribution in [0, 0.1) is 0 Å². The predicted octanol–water partition coefficient (Wildman–Crippen LogP) is -0.488. The molecular weight excluding hydrogens is 242 g/mol. The number of primary amides is 1. The smallest absolute Gasteiger partial charge is 0.234 e. The van der Waals surface area contributed by atoms with Gasteiger partial charge in [-0.1, -0.05) is 13.8 Å². The van der Waals surface area contributed by atoms with Crippen molar-refractivity contribution in [3.05, 3.63) is 0 Å². The molecule has 102 valence electrons. The molecule has 0 aliphatic carbocycles. The second-order valence-corrected chi connectivity index (χ2v) is 5.91. The summed E-state index contributed by atoms with van der Waals surface area (Å²) in [4.78, 5) is 10.9. The molecule has 6 nitrogen and oxygen atoms in total. The van der Waals surface area contributed by atoms with Crippen molar-refractivity contribution in [1.29, 1.82) is 0 Å². The molecule has 0 radical (unpaired) electrons. The molecule has 1 unspecified atom stereocenters. The van der Waals surface area contributed by atoms with Crippen molar-refractivity contribution >= 4 is 15.9 Å². The molecule has 0 spiro atoms. The van der Waals surface area contributed by atoms with Gasteiger partial charge < -0.3 is 11.1 Å². The number of carbonyl (C=O) groups excluding carboxylic acids is 1. The Hall–Kier alpha value is -0.660. The summed E-state index contributed by atoms with van der Waals surface area (Å²) in [7, 11) is -3.12. The van der Waals surface area contributed by atoms with E-state index in [0.717, 1.165) is 0 Å². The molecule has 0 saturated heterocycles. The van der Waals surface area contributed by atoms with Crippen LogP contribution in [0.4, 0.5) is 0 Å². The van der Waals surface area contributed by atoms with Crippen molar-refractivity contribution in [2.24, 2.45) is 5.73 Å². The van der Waals surface area contributed by atoms with E-state index in [-0.39, 0.29) is 11.9 Å². The SMILES string of the molecule is CCC(NCCCN(CC)S(C)(=O)=O)C(N)=O. The molecule has 0 fully saturated rings. The van der Waals surface area contributed by atoms with E-state index < -0.39 is 10.0 Å². The van der Waals surface area contributed by atoms with Crippen molar-refractivity contribution in [3.8, 4) is 0 Å². The largest absolute Gasteiger partial charge is 0.368 e. The first kappa shape index (κ1) is 16.3. The molecule has 7 heteroatoms. The maximum atomic E-state index is 11.3. The Bertz CT molecular complexity index is 330. The lowest BCUT2D eigenvalue weighted by atomic mass is 10.2. The Kier molecular flexibility index (Phi) is 7.33. The van der Waals surface area contributed by atoms with Crippen LogP contribution in [-0.4, -0.2) is 50.6 Å². The van der Waals surface area contributed by atoms with Gasteiger partial charge in [0, 0.05) is 13.1 Å². The van der Waals surface area contributed by atoms with Crippen molar-refractivity contribution in [2.45, 2.75) is 32.7 Å². The van der Waals surface area contributed by atoms with Gasteiger partial charge in [0.15, 0.2) is 0 Å². The molecule has 3 N–H and O–H groups in total. The van der Waals surface area contributed by atoms with Gasteiger partial charge in [0.1, 0.15) is 0 Å². The van der Waals surface area contributed by atoms with E-state index in [4.69, 9.17) is 5.73 Å². The molecule has 0 aromatic rings. The summed E-state index contributed by atoms with van der Waals surface area (Å²) in [6.07, 6.45) is 2.49. The third kappa shape index (κ3) is 6.60. The number of nitrogens with one attached hydrogen (secondary N) is 1. The number of amides is 1. The first-order valence-corrected chi connectivity index (χ1v) is 7.65. The normalized spacial score (nSPS) is 13.9. The Morgan fingerprint density at radius 1 is 1.41 bits per heavy atom. The lowest BCUT2D eigenvalue weighted by Gasteiger charge is -2.18. The van der Waals surface area contributed by atoms with E-state index in [2.05, 4.69) is 5.32 Å². The van der Waals surface area contributed by atoms with Crippen LogP contribution in [0.3, 0.4) is 0 Å². The van der Waals surface area contributed by atoms with Crippen molar-refractivity contribution < 1.29 is 13.2 Å². The zero-order chi connectivity index (χ0) is 13.5. The first-order valence-electron chi connectivity index (χ1n) is 5.80. The zero-order valence-electron chi connectivity index (χ0n) is 10.8. The van der Waals surface area contributed by atoms with Crippen LogP contribution in [0.5, 0.6) is 0 Å². The Morgan fingerprint density at radius 2 is 2.00 bits per heavy atom. The van der Waals surface area contributed by atoms with Crippen LogP contribution in [0.2, 0.25) is 0 Å². The second-order valence-electron chi connectivity index (χ2n) is 3.93. The maximum absolute atomic E-state index is 11.3. The molecule has 1 amide bonds. The fourth-order valence-corrected chi connectivity index (χ4v) is 2.47. The molecule has 0 saturated carbocycles. The maximum Gasteiger partial charge on any atom is 0.234 e. The van der Waals surface area contributed by atoms with Crippen molar-refractivity contribution in [1.82, 2.24) is 9.62 Å². The van der Waals surface area contributed by atoms with Crippen LogP contribution < -0.4 is 11.1 Å². The minimum absolute atomic E-state index is 0.330. The molecule has 17 heavy (non-hydrogen) atoms. The fourth-order valence-electron chi connectivity index (χ4n) is 1.54. The minimum Gasteiger partial charge on any atom is -0.368 e. The molecule has 0 heterocycles. The Balaban J connectivity index is 3.95. The Labute approximate surface area is 104 Å². The van der Waals surface area contributed by atoms with Gasteiger partial charge in [-0.15, -0.1) is 0 Å². The molecule has 0 rings (SSSR count). The van der Waals surface area contributed by atoms with Crippen LogP contribution >= 0.6 is 0 Å². The van der Waals surface area contributed by atoms with E-state index >= 15 is 0 Å². The average molecular weight is 265 g/mol. The summed E-state index contributed by atoms with van der Waals surface area (Å²) in [6, 6.07) is -0.330. The topological polar surface area (TPSA) is 92.5 Å². The Morgan fingerprint density at radius 3 is 2.35 bits per heavy atom. The minimum atomic E-state index is -3.12. The van der Waals surface area contributed by atoms with Crippen LogP contribution in [0.15, 0.2) is 0 Å². The highest BCUT2D eigenvalue weighted by atomic mass is 32.2. The molecule has 0 aromatic heterocycles. The van der Waals surface area contributed by atoms with Gasteiger partial charge in [0.25, 0.3) is 0 Å². The third-order valence-corrected chi connectivity index (χ3v) is 3.93. The quantitative estimate of drug-likeness (QED) is 0.550. The van der Waals surface area contributed by atoms with E-state index in [1.807, 2.05) is 6.92 Å². The van der Waals surface area contributed by atoms with Crippen LogP contribution in [-0.2, 0) is 14.8 Å². The van der Waals surface area contributed by atoms with E-state index in [1.54, 1.807) is 6.92 Å². The van der Waals surface area contributed by atoms with Gasteiger partial charge in [-0.25, -0.2) is 12.7 Å². The number of rotatable bonds is 9. The van der Waals surface area contributed by atoms with Gasteiger partial charge in [-0.05, 0) is 19.4 Å². The van der Waals surface area contributed by atoms with E-state index in [0.29, 0.717) is 32.5 Å². The van der Waals surface area contributed by atoms with Crippen LogP contribution in [0.1, 0.15) is 26.7 Å². The summed E-state index contributed by atoms with van der Waals surface area (Å²) < 4.78 is 24.0. The molecule has 0 aliphatic rings. The monoisotopic (exact) mass is 265 g/mol. The van der Waals surface area contributed by atoms with Gasteiger partial charge in [0.05, 0.1) is 12.3 Å². The third-order valence-electron chi connectivity index (χ3n) is 2.55. The standard InChI is InChI=1S/C10H23N3O3S/c1-4-9(10(11)14)12-7-6-8-13(5-2)17(3,15)16/h9,12H,4-8H2,1-3H3,(H2,11,14). The molecule has 0 aliphatic heterocycles. The number of sulfonamides is 1. The van der Waals surface area contributed by atoms with Gasteiger partial charge in [-0.3, -0.25) is 4.79 Å². The first-order chi connectivity index (χ1) is 7.82. The van der Waals surface area contributed by atoms with Gasteiger partial charge in [0.2, 0.25) is 15.9 Å². The number of hydrogen-bond donors (Lipinski definition) is 2. The summed E-state index contributed by atoms with van der Waals surface area (Å²) >= 11 is 0. The number of carbonyl (C=O) groups is 1. The fraction of sp³-hybridized carbons (Fsp3) is 0.900. The van der Waals surface area contributed by atoms with Gasteiger partial charge >= 0.3 is 0 Å². The molecule has 0 bridgehead atoms. The molecule has 1 atom stereocenters. The highest BCUT2D eigenvalue weighted by Crippen LogP contribution is 1.98. The molecular formula is C10H23N3O3S. The number of hydrogen-bond acceptors (Lipinski definition) is 4.